The molecule has 9 heteroatoms. The first-order chi connectivity index (χ1) is 13.2. The van der Waals surface area contributed by atoms with Crippen LogP contribution in [-0.4, -0.2) is 62.8 Å². The van der Waals surface area contributed by atoms with Crippen molar-refractivity contribution in [3.05, 3.63) is 30.1 Å². The fourth-order valence-electron chi connectivity index (χ4n) is 2.92. The Bertz CT molecular complexity index is 774. The number of halogens is 1. The average molecular weight is 414 g/mol. The third-order valence-electron chi connectivity index (χ3n) is 4.87. The molecule has 1 fully saturated rings. The summed E-state index contributed by atoms with van der Waals surface area (Å²) in [7, 11) is -2.35. The second kappa shape index (κ2) is 9.97. The molecule has 1 saturated heterocycles. The molecule has 1 heterocycles. The topological polar surface area (TPSA) is 84.0 Å². The highest BCUT2D eigenvalue weighted by molar-refractivity contribution is 7.89. The molecule has 2 rings (SSSR count). The molecule has 0 aromatic heterocycles. The summed E-state index contributed by atoms with van der Waals surface area (Å²) in [6.07, 6.45) is 2.17. The van der Waals surface area contributed by atoms with Gasteiger partial charge in [-0.2, -0.15) is 0 Å². The Hall–Kier alpha value is -2.00. The summed E-state index contributed by atoms with van der Waals surface area (Å²) in [5.74, 6) is -0.643. The molecule has 0 radical (unpaired) electrons. The number of hydrogen-bond acceptors (Lipinski definition) is 5. The summed E-state index contributed by atoms with van der Waals surface area (Å²) in [6, 6.07) is 4.56. The fraction of sp³-hybridized carbons (Fsp3) is 0.579. The number of esters is 1. The van der Waals surface area contributed by atoms with E-state index in [2.05, 4.69) is 6.92 Å². The van der Waals surface area contributed by atoms with Crippen molar-refractivity contribution in [2.24, 2.45) is 5.92 Å². The van der Waals surface area contributed by atoms with Gasteiger partial charge in [-0.15, -0.1) is 0 Å². The number of rotatable bonds is 8. The molecule has 7 nitrogen and oxygen atoms in total. The summed E-state index contributed by atoms with van der Waals surface area (Å²) >= 11 is 0. The number of ether oxygens (including phenoxy) is 1. The lowest BCUT2D eigenvalue weighted by molar-refractivity contribution is -0.152. The molecule has 1 aliphatic heterocycles. The predicted octanol–water partition coefficient (Wildman–Crippen LogP) is 2.03. The predicted molar refractivity (Wildman–Crippen MR) is 101 cm³/mol. The Balaban J connectivity index is 1.71. The van der Waals surface area contributed by atoms with E-state index in [9.17, 15) is 22.4 Å². The minimum atomic E-state index is -3.74. The Morgan fingerprint density at radius 3 is 2.43 bits per heavy atom. The molecular formula is C19H27FN2O5S. The second-order valence-electron chi connectivity index (χ2n) is 7.11. The summed E-state index contributed by atoms with van der Waals surface area (Å²) in [5.41, 5.74) is 0. The van der Waals surface area contributed by atoms with Crippen LogP contribution in [0.25, 0.3) is 0 Å². The van der Waals surface area contributed by atoms with Crippen molar-refractivity contribution >= 4 is 21.9 Å². The summed E-state index contributed by atoms with van der Waals surface area (Å²) in [5, 5.41) is 0. The van der Waals surface area contributed by atoms with Crippen LogP contribution >= 0.6 is 0 Å². The van der Waals surface area contributed by atoms with E-state index in [1.54, 1.807) is 4.90 Å². The monoisotopic (exact) mass is 414 g/mol. The molecule has 1 aromatic carbocycles. The van der Waals surface area contributed by atoms with E-state index in [4.69, 9.17) is 4.74 Å². The van der Waals surface area contributed by atoms with Crippen molar-refractivity contribution in [2.75, 3.05) is 33.3 Å². The van der Waals surface area contributed by atoms with Crippen LogP contribution in [0.15, 0.2) is 29.2 Å². The van der Waals surface area contributed by atoms with Gasteiger partial charge in [-0.25, -0.2) is 17.1 Å². The maximum Gasteiger partial charge on any atom is 0.306 e. The summed E-state index contributed by atoms with van der Waals surface area (Å²) in [4.78, 5) is 25.5. The number of likely N-dealkylation sites (tertiary alicyclic amines) is 1. The fourth-order valence-corrected chi connectivity index (χ4v) is 4.13. The minimum absolute atomic E-state index is 0.00753. The maximum absolute atomic E-state index is 12.9. The molecule has 0 atom stereocenters. The lowest BCUT2D eigenvalue weighted by Gasteiger charge is -2.30. The molecule has 0 bridgehead atoms. The molecule has 0 unspecified atom stereocenters. The van der Waals surface area contributed by atoms with Crippen LogP contribution in [0.2, 0.25) is 0 Å². The van der Waals surface area contributed by atoms with Crippen molar-refractivity contribution in [3.63, 3.8) is 0 Å². The largest absolute Gasteiger partial charge is 0.456 e. The smallest absolute Gasteiger partial charge is 0.306 e. The van der Waals surface area contributed by atoms with Crippen LogP contribution in [0.1, 0.15) is 32.6 Å². The van der Waals surface area contributed by atoms with Gasteiger partial charge in [0.1, 0.15) is 5.82 Å². The van der Waals surface area contributed by atoms with Crippen molar-refractivity contribution in [1.29, 1.82) is 0 Å². The van der Waals surface area contributed by atoms with Crippen LogP contribution in [0.4, 0.5) is 4.39 Å². The molecule has 28 heavy (non-hydrogen) atoms. The number of sulfonamides is 1. The van der Waals surface area contributed by atoms with Gasteiger partial charge in [0.15, 0.2) is 6.61 Å². The van der Waals surface area contributed by atoms with E-state index < -0.39 is 21.8 Å². The first kappa shape index (κ1) is 22.3. The Labute approximate surface area is 165 Å². The van der Waals surface area contributed by atoms with Gasteiger partial charge in [0.2, 0.25) is 10.0 Å². The zero-order valence-corrected chi connectivity index (χ0v) is 17.1. The van der Waals surface area contributed by atoms with E-state index in [0.717, 1.165) is 29.3 Å². The van der Waals surface area contributed by atoms with Gasteiger partial charge in [0, 0.05) is 33.1 Å². The van der Waals surface area contributed by atoms with Crippen LogP contribution in [0.3, 0.4) is 0 Å². The Morgan fingerprint density at radius 1 is 1.21 bits per heavy atom. The van der Waals surface area contributed by atoms with Crippen molar-refractivity contribution < 1.29 is 27.1 Å². The number of nitrogens with zero attached hydrogens (tertiary/aromatic N) is 2. The normalized spacial score (nSPS) is 15.6. The van der Waals surface area contributed by atoms with Gasteiger partial charge in [-0.1, -0.05) is 6.92 Å². The van der Waals surface area contributed by atoms with Gasteiger partial charge >= 0.3 is 5.97 Å². The van der Waals surface area contributed by atoms with Crippen LogP contribution < -0.4 is 0 Å². The maximum atomic E-state index is 12.9. The number of benzene rings is 1. The van der Waals surface area contributed by atoms with E-state index in [-0.39, 0.29) is 36.8 Å². The zero-order valence-electron chi connectivity index (χ0n) is 16.3. The molecule has 1 aromatic rings. The minimum Gasteiger partial charge on any atom is -0.456 e. The van der Waals surface area contributed by atoms with E-state index in [1.165, 1.54) is 19.2 Å². The average Bonchev–Trinajstić information content (AvgIpc) is 2.67. The second-order valence-corrected chi connectivity index (χ2v) is 9.15. The summed E-state index contributed by atoms with van der Waals surface area (Å²) in [6.45, 7) is 3.34. The number of hydrogen-bond donors (Lipinski definition) is 0. The molecule has 0 N–H and O–H groups in total. The number of carbonyl (C=O) groups is 2. The summed E-state index contributed by atoms with van der Waals surface area (Å²) < 4.78 is 43.8. The molecule has 0 saturated carbocycles. The van der Waals surface area contributed by atoms with Crippen LogP contribution in [-0.2, 0) is 24.3 Å². The lowest BCUT2D eigenvalue weighted by Crippen LogP contribution is -2.40. The molecular weight excluding hydrogens is 387 g/mol. The SMILES string of the molecule is CC1CCN(C(=O)COC(=O)CCCN(C)S(=O)(=O)c2ccc(F)cc2)CC1. The quantitative estimate of drug-likeness (QED) is 0.608. The highest BCUT2D eigenvalue weighted by Crippen LogP contribution is 2.17. The Morgan fingerprint density at radius 2 is 1.82 bits per heavy atom. The van der Waals surface area contributed by atoms with Gasteiger partial charge in [-0.05, 0) is 49.4 Å². The van der Waals surface area contributed by atoms with Crippen LogP contribution in [0.5, 0.6) is 0 Å². The Kier molecular flexibility index (Phi) is 7.94. The first-order valence-electron chi connectivity index (χ1n) is 9.35. The zero-order chi connectivity index (χ0) is 20.7. The van der Waals surface area contributed by atoms with E-state index in [0.29, 0.717) is 19.0 Å². The van der Waals surface area contributed by atoms with Gasteiger partial charge in [0.05, 0.1) is 4.90 Å². The van der Waals surface area contributed by atoms with Gasteiger partial charge < -0.3 is 9.64 Å². The molecule has 1 aliphatic rings. The first-order valence-corrected chi connectivity index (χ1v) is 10.8. The third kappa shape index (κ3) is 6.27. The van der Waals surface area contributed by atoms with Gasteiger partial charge in [-0.3, -0.25) is 9.59 Å². The third-order valence-corrected chi connectivity index (χ3v) is 6.74. The van der Waals surface area contributed by atoms with E-state index in [1.807, 2.05) is 0 Å². The molecule has 0 spiro atoms. The van der Waals surface area contributed by atoms with Crippen molar-refractivity contribution in [3.8, 4) is 0 Å². The molecule has 156 valence electrons. The highest BCUT2D eigenvalue weighted by Gasteiger charge is 2.22. The van der Waals surface area contributed by atoms with Gasteiger partial charge in [0.25, 0.3) is 5.91 Å². The van der Waals surface area contributed by atoms with Crippen molar-refractivity contribution in [1.82, 2.24) is 9.21 Å². The molecule has 0 aliphatic carbocycles. The number of piperidine rings is 1. The number of carbonyl (C=O) groups excluding carboxylic acids is 2. The van der Waals surface area contributed by atoms with E-state index >= 15 is 0 Å². The lowest BCUT2D eigenvalue weighted by atomic mass is 9.99. The number of amides is 1. The highest BCUT2D eigenvalue weighted by atomic mass is 32.2. The standard InChI is InChI=1S/C19H27FN2O5S/c1-15-9-12-22(13-10-15)18(23)14-27-19(24)4-3-11-21(2)28(25,26)17-7-5-16(20)6-8-17/h5-8,15H,3-4,9-14H2,1-2H3. The molecule has 1 amide bonds. The van der Waals surface area contributed by atoms with Crippen molar-refractivity contribution in [2.45, 2.75) is 37.5 Å². The van der Waals surface area contributed by atoms with Crippen LogP contribution in [0, 0.1) is 11.7 Å².